The molecule has 3 amide bonds. The van der Waals surface area contributed by atoms with Crippen LogP contribution in [-0.4, -0.2) is 31.3 Å². The second kappa shape index (κ2) is 9.01. The number of carbonyl (C=O) groups is 3. The van der Waals surface area contributed by atoms with Crippen molar-refractivity contribution in [1.82, 2.24) is 10.6 Å². The molecule has 7 heteroatoms. The van der Waals surface area contributed by atoms with E-state index in [4.69, 9.17) is 0 Å². The molecule has 2 aromatic carbocycles. The summed E-state index contributed by atoms with van der Waals surface area (Å²) in [6.07, 6.45) is 0.557. The molecule has 1 aliphatic heterocycles. The van der Waals surface area contributed by atoms with Gasteiger partial charge in [-0.2, -0.15) is 0 Å². The third kappa shape index (κ3) is 4.59. The van der Waals surface area contributed by atoms with E-state index in [9.17, 15) is 14.4 Å². The van der Waals surface area contributed by atoms with Crippen LogP contribution in [0.1, 0.15) is 24.4 Å². The van der Waals surface area contributed by atoms with Crippen molar-refractivity contribution < 1.29 is 14.4 Å². The summed E-state index contributed by atoms with van der Waals surface area (Å²) in [5, 5.41) is 5.48. The van der Waals surface area contributed by atoms with Gasteiger partial charge in [0.1, 0.15) is 5.92 Å². The molecule has 0 radical (unpaired) electrons. The average molecular weight is 444 g/mol. The van der Waals surface area contributed by atoms with Gasteiger partial charge in [-0.3, -0.25) is 14.4 Å². The summed E-state index contributed by atoms with van der Waals surface area (Å²) in [6, 6.07) is 16.3. The fourth-order valence-corrected chi connectivity index (χ4v) is 3.71. The highest BCUT2D eigenvalue weighted by Crippen LogP contribution is 2.28. The van der Waals surface area contributed by atoms with Gasteiger partial charge < -0.3 is 15.5 Å². The monoisotopic (exact) mass is 443 g/mol. The number of halogens is 1. The minimum Gasteiger partial charge on any atom is -0.359 e. The van der Waals surface area contributed by atoms with Gasteiger partial charge in [-0.15, -0.1) is 0 Å². The van der Waals surface area contributed by atoms with Gasteiger partial charge in [-0.05, 0) is 30.2 Å². The van der Waals surface area contributed by atoms with Crippen molar-refractivity contribution in [2.45, 2.75) is 18.9 Å². The van der Waals surface area contributed by atoms with E-state index in [1.165, 1.54) is 0 Å². The van der Waals surface area contributed by atoms with Crippen LogP contribution in [0.15, 0.2) is 59.1 Å². The van der Waals surface area contributed by atoms with Crippen LogP contribution in [0.5, 0.6) is 0 Å². The van der Waals surface area contributed by atoms with Crippen LogP contribution in [0.4, 0.5) is 5.69 Å². The summed E-state index contributed by atoms with van der Waals surface area (Å²) in [6.45, 7) is 0.485. The second-order valence-corrected chi connectivity index (χ2v) is 7.58. The molecule has 0 spiro atoms. The number of rotatable bonds is 6. The quantitative estimate of drug-likeness (QED) is 0.673. The Balaban J connectivity index is 1.73. The molecule has 1 aliphatic rings. The van der Waals surface area contributed by atoms with Gasteiger partial charge in [0.25, 0.3) is 0 Å². The van der Waals surface area contributed by atoms with E-state index in [1.54, 1.807) is 11.9 Å². The molecule has 2 aromatic rings. The van der Waals surface area contributed by atoms with Crippen molar-refractivity contribution in [3.05, 3.63) is 64.6 Å². The first-order chi connectivity index (χ1) is 13.5. The van der Waals surface area contributed by atoms with Crippen molar-refractivity contribution in [3.63, 3.8) is 0 Å². The SMILES string of the molecule is CNC(=O)C[C@H](NC(=O)[C@@H]1CCN(c2cccc(Br)c2)C1=O)c1ccccc1. The number of benzene rings is 2. The topological polar surface area (TPSA) is 78.5 Å². The Morgan fingerprint density at radius 3 is 2.61 bits per heavy atom. The van der Waals surface area contributed by atoms with E-state index in [2.05, 4.69) is 26.6 Å². The van der Waals surface area contributed by atoms with Crippen molar-refractivity contribution in [1.29, 1.82) is 0 Å². The first kappa shape index (κ1) is 20.1. The number of carbonyl (C=O) groups excluding carboxylic acids is 3. The molecule has 1 heterocycles. The van der Waals surface area contributed by atoms with E-state index >= 15 is 0 Å². The van der Waals surface area contributed by atoms with Gasteiger partial charge in [0, 0.05) is 23.8 Å². The van der Waals surface area contributed by atoms with Crippen LogP contribution in [0.2, 0.25) is 0 Å². The zero-order chi connectivity index (χ0) is 20.1. The summed E-state index contributed by atoms with van der Waals surface area (Å²) < 4.78 is 0.875. The lowest BCUT2D eigenvalue weighted by atomic mass is 10.0. The Morgan fingerprint density at radius 1 is 1.18 bits per heavy atom. The average Bonchev–Trinajstić information content (AvgIpc) is 3.09. The molecule has 0 unspecified atom stereocenters. The Bertz CT molecular complexity index is 872. The van der Waals surface area contributed by atoms with Crippen LogP contribution < -0.4 is 15.5 Å². The Kier molecular flexibility index (Phi) is 6.46. The zero-order valence-electron chi connectivity index (χ0n) is 15.5. The standard InChI is InChI=1S/C21H22BrN3O3/c1-23-19(26)13-18(14-6-3-2-4-7-14)24-20(27)17-10-11-25(21(17)28)16-9-5-8-15(22)12-16/h2-9,12,17-18H,10-11,13H2,1H3,(H,23,26)(H,24,27)/t17-,18-/m0/s1. The lowest BCUT2D eigenvalue weighted by Gasteiger charge is -2.21. The fourth-order valence-electron chi connectivity index (χ4n) is 3.32. The van der Waals surface area contributed by atoms with E-state index < -0.39 is 12.0 Å². The highest BCUT2D eigenvalue weighted by Gasteiger charge is 2.38. The fraction of sp³-hybridized carbons (Fsp3) is 0.286. The molecule has 2 N–H and O–H groups in total. The maximum atomic E-state index is 12.9. The summed E-state index contributed by atoms with van der Waals surface area (Å²) >= 11 is 3.41. The molecule has 0 saturated carbocycles. The molecule has 0 bridgehead atoms. The van der Waals surface area contributed by atoms with Gasteiger partial charge >= 0.3 is 0 Å². The highest BCUT2D eigenvalue weighted by molar-refractivity contribution is 9.10. The molecular weight excluding hydrogens is 422 g/mol. The molecule has 1 saturated heterocycles. The van der Waals surface area contributed by atoms with Gasteiger partial charge in [-0.1, -0.05) is 52.3 Å². The predicted molar refractivity (Wildman–Crippen MR) is 111 cm³/mol. The molecule has 2 atom stereocenters. The van der Waals surface area contributed by atoms with Crippen LogP contribution in [-0.2, 0) is 14.4 Å². The predicted octanol–water partition coefficient (Wildman–Crippen LogP) is 2.80. The third-order valence-corrected chi connectivity index (χ3v) is 5.32. The van der Waals surface area contributed by atoms with E-state index in [0.29, 0.717) is 13.0 Å². The highest BCUT2D eigenvalue weighted by atomic mass is 79.9. The molecule has 28 heavy (non-hydrogen) atoms. The Morgan fingerprint density at radius 2 is 1.93 bits per heavy atom. The Labute approximate surface area is 172 Å². The molecule has 146 valence electrons. The maximum Gasteiger partial charge on any atom is 0.239 e. The molecular formula is C21H22BrN3O3. The van der Waals surface area contributed by atoms with Crippen LogP contribution >= 0.6 is 15.9 Å². The second-order valence-electron chi connectivity index (χ2n) is 6.66. The molecule has 3 rings (SSSR count). The van der Waals surface area contributed by atoms with Gasteiger partial charge in [0.05, 0.1) is 12.5 Å². The van der Waals surface area contributed by atoms with Crippen molar-refractivity contribution in [2.75, 3.05) is 18.5 Å². The zero-order valence-corrected chi connectivity index (χ0v) is 17.1. The lowest BCUT2D eigenvalue weighted by Crippen LogP contribution is -2.40. The third-order valence-electron chi connectivity index (χ3n) is 4.83. The number of nitrogens with zero attached hydrogens (tertiary/aromatic N) is 1. The first-order valence-electron chi connectivity index (χ1n) is 9.12. The summed E-state index contributed by atoms with van der Waals surface area (Å²) in [4.78, 5) is 39.2. The van der Waals surface area contributed by atoms with Crippen LogP contribution in [0, 0.1) is 5.92 Å². The number of anilines is 1. The van der Waals surface area contributed by atoms with Crippen LogP contribution in [0.3, 0.4) is 0 Å². The van der Waals surface area contributed by atoms with E-state index in [1.807, 2.05) is 54.6 Å². The number of hydrogen-bond donors (Lipinski definition) is 2. The van der Waals surface area contributed by atoms with Gasteiger partial charge in [0.15, 0.2) is 0 Å². The van der Waals surface area contributed by atoms with E-state index in [-0.39, 0.29) is 24.1 Å². The number of nitrogens with one attached hydrogen (secondary N) is 2. The van der Waals surface area contributed by atoms with E-state index in [0.717, 1.165) is 15.7 Å². The van der Waals surface area contributed by atoms with Crippen molar-refractivity contribution in [3.8, 4) is 0 Å². The number of hydrogen-bond acceptors (Lipinski definition) is 3. The van der Waals surface area contributed by atoms with Gasteiger partial charge in [-0.25, -0.2) is 0 Å². The Hall–Kier alpha value is -2.67. The summed E-state index contributed by atoms with van der Waals surface area (Å²) in [5.41, 5.74) is 1.59. The molecule has 0 aromatic heterocycles. The van der Waals surface area contributed by atoms with Crippen LogP contribution in [0.25, 0.3) is 0 Å². The van der Waals surface area contributed by atoms with Crippen molar-refractivity contribution in [2.24, 2.45) is 5.92 Å². The smallest absolute Gasteiger partial charge is 0.239 e. The molecule has 0 aliphatic carbocycles. The minimum absolute atomic E-state index is 0.114. The normalized spacial score (nSPS) is 17.3. The summed E-state index contributed by atoms with van der Waals surface area (Å²) in [5.74, 6) is -1.50. The van der Waals surface area contributed by atoms with Gasteiger partial charge in [0.2, 0.25) is 17.7 Å². The summed E-state index contributed by atoms with van der Waals surface area (Å²) in [7, 11) is 1.56. The number of amides is 3. The lowest BCUT2D eigenvalue weighted by molar-refractivity contribution is -0.132. The molecule has 6 nitrogen and oxygen atoms in total. The first-order valence-corrected chi connectivity index (χ1v) is 9.91. The largest absolute Gasteiger partial charge is 0.359 e. The maximum absolute atomic E-state index is 12.9. The minimum atomic E-state index is -0.755. The van der Waals surface area contributed by atoms with Crippen molar-refractivity contribution >= 4 is 39.3 Å². The molecule has 1 fully saturated rings.